The minimum Gasteiger partial charge on any atom is -0.219 e. The zero-order valence-corrected chi connectivity index (χ0v) is 14.0. The molecular weight excluding hydrogens is 304 g/mol. The largest absolute Gasteiger partial charge is 0.219 e. The van der Waals surface area contributed by atoms with Crippen molar-refractivity contribution in [3.8, 4) is 11.8 Å². The first-order chi connectivity index (χ1) is 11.1. The average Bonchev–Trinajstić information content (AvgIpc) is 2.59. The number of sulfone groups is 1. The number of hydrogen-bond acceptors (Lipinski definition) is 2. The van der Waals surface area contributed by atoms with Crippen LogP contribution in [-0.2, 0) is 9.84 Å². The van der Waals surface area contributed by atoms with Crippen LogP contribution < -0.4 is 0 Å². The summed E-state index contributed by atoms with van der Waals surface area (Å²) in [5.74, 6) is 6.10. The molecule has 118 valence electrons. The fourth-order valence-electron chi connectivity index (χ4n) is 2.04. The van der Waals surface area contributed by atoms with Crippen LogP contribution in [0.4, 0.5) is 0 Å². The fraction of sp³-hybridized carbons (Fsp3) is 0.200. The number of benzene rings is 2. The van der Waals surface area contributed by atoms with E-state index >= 15 is 0 Å². The summed E-state index contributed by atoms with van der Waals surface area (Å²) in [6, 6.07) is 17.8. The molecule has 2 aromatic rings. The Bertz CT molecular complexity index is 808. The first-order valence-electron chi connectivity index (χ1n) is 7.69. The zero-order chi connectivity index (χ0) is 16.5. The maximum absolute atomic E-state index is 12.6. The summed E-state index contributed by atoms with van der Waals surface area (Å²) < 4.78 is 25.1. The van der Waals surface area contributed by atoms with E-state index in [-0.39, 0.29) is 4.90 Å². The summed E-state index contributed by atoms with van der Waals surface area (Å²) >= 11 is 0. The Morgan fingerprint density at radius 3 is 2.22 bits per heavy atom. The molecule has 0 saturated heterocycles. The van der Waals surface area contributed by atoms with Gasteiger partial charge in [0.2, 0.25) is 9.84 Å². The molecule has 0 aliphatic carbocycles. The van der Waals surface area contributed by atoms with Gasteiger partial charge in [0.15, 0.2) is 0 Å². The van der Waals surface area contributed by atoms with Gasteiger partial charge in [-0.15, -0.1) is 0 Å². The Morgan fingerprint density at radius 1 is 1.00 bits per heavy atom. The van der Waals surface area contributed by atoms with Crippen LogP contribution in [0.5, 0.6) is 0 Å². The Kier molecular flexibility index (Phi) is 6.19. The van der Waals surface area contributed by atoms with Crippen LogP contribution in [0, 0.1) is 11.8 Å². The molecular formula is C20H20O2S. The van der Waals surface area contributed by atoms with E-state index in [0.29, 0.717) is 5.57 Å². The lowest BCUT2D eigenvalue weighted by Crippen LogP contribution is -1.97. The van der Waals surface area contributed by atoms with Crippen molar-refractivity contribution in [2.75, 3.05) is 0 Å². The van der Waals surface area contributed by atoms with E-state index in [2.05, 4.69) is 18.8 Å². The normalized spacial score (nSPS) is 11.6. The second kappa shape index (κ2) is 8.36. The van der Waals surface area contributed by atoms with E-state index < -0.39 is 9.84 Å². The Morgan fingerprint density at radius 2 is 1.61 bits per heavy atom. The molecule has 2 rings (SSSR count). The topological polar surface area (TPSA) is 34.1 Å². The Hall–Kier alpha value is -2.31. The number of hydrogen-bond donors (Lipinski definition) is 0. The van der Waals surface area contributed by atoms with Crippen LogP contribution >= 0.6 is 0 Å². The van der Waals surface area contributed by atoms with Crippen molar-refractivity contribution < 1.29 is 8.42 Å². The lowest BCUT2D eigenvalue weighted by atomic mass is 10.1. The molecule has 23 heavy (non-hydrogen) atoms. The van der Waals surface area contributed by atoms with E-state index in [0.717, 1.165) is 24.8 Å². The van der Waals surface area contributed by atoms with Gasteiger partial charge in [-0.2, -0.15) is 0 Å². The van der Waals surface area contributed by atoms with Gasteiger partial charge in [0.05, 0.1) is 10.3 Å². The molecule has 0 radical (unpaired) electrons. The van der Waals surface area contributed by atoms with Crippen LogP contribution in [0.1, 0.15) is 31.7 Å². The monoisotopic (exact) mass is 324 g/mol. The molecule has 0 aliphatic heterocycles. The van der Waals surface area contributed by atoms with E-state index in [9.17, 15) is 8.42 Å². The highest BCUT2D eigenvalue weighted by Gasteiger charge is 2.12. The van der Waals surface area contributed by atoms with E-state index in [1.54, 1.807) is 30.3 Å². The zero-order valence-electron chi connectivity index (χ0n) is 13.2. The van der Waals surface area contributed by atoms with Gasteiger partial charge in [0.25, 0.3) is 0 Å². The number of allylic oxidation sites excluding steroid dienone is 1. The van der Waals surface area contributed by atoms with Crippen LogP contribution in [0.15, 0.2) is 71.0 Å². The highest BCUT2D eigenvalue weighted by Crippen LogP contribution is 2.19. The third-order valence-electron chi connectivity index (χ3n) is 3.31. The maximum atomic E-state index is 12.6. The van der Waals surface area contributed by atoms with E-state index in [1.807, 2.05) is 30.3 Å². The molecule has 0 heterocycles. The predicted octanol–water partition coefficient (Wildman–Crippen LogP) is 4.70. The minimum atomic E-state index is -3.51. The summed E-state index contributed by atoms with van der Waals surface area (Å²) in [6.07, 6.45) is 2.86. The van der Waals surface area contributed by atoms with E-state index in [1.165, 1.54) is 5.41 Å². The number of rotatable bonds is 5. The average molecular weight is 324 g/mol. The maximum Gasteiger partial charge on any atom is 0.201 e. The molecule has 0 aliphatic rings. The predicted molar refractivity (Wildman–Crippen MR) is 95.3 cm³/mol. The lowest BCUT2D eigenvalue weighted by Gasteiger charge is -2.03. The highest BCUT2D eigenvalue weighted by molar-refractivity contribution is 7.94. The molecule has 0 amide bonds. The van der Waals surface area contributed by atoms with Crippen molar-refractivity contribution in [3.05, 3.63) is 71.6 Å². The second-order valence-electron chi connectivity index (χ2n) is 5.16. The molecule has 0 N–H and O–H groups in total. The quantitative estimate of drug-likeness (QED) is 0.590. The van der Waals surface area contributed by atoms with Crippen LogP contribution in [0.3, 0.4) is 0 Å². The molecule has 2 aromatic carbocycles. The van der Waals surface area contributed by atoms with Crippen molar-refractivity contribution in [1.82, 2.24) is 0 Å². The van der Waals surface area contributed by atoms with Crippen molar-refractivity contribution in [3.63, 3.8) is 0 Å². The van der Waals surface area contributed by atoms with Crippen LogP contribution in [0.25, 0.3) is 5.57 Å². The summed E-state index contributed by atoms with van der Waals surface area (Å²) in [5, 5.41) is 1.27. The summed E-state index contributed by atoms with van der Waals surface area (Å²) in [5.41, 5.74) is 1.35. The van der Waals surface area contributed by atoms with Gasteiger partial charge in [-0.1, -0.05) is 73.7 Å². The van der Waals surface area contributed by atoms with Gasteiger partial charge >= 0.3 is 0 Å². The third kappa shape index (κ3) is 5.12. The minimum absolute atomic E-state index is 0.281. The Labute approximate surface area is 138 Å². The van der Waals surface area contributed by atoms with Gasteiger partial charge in [-0.05, 0) is 24.1 Å². The molecule has 0 spiro atoms. The lowest BCUT2D eigenvalue weighted by molar-refractivity contribution is 0.605. The van der Waals surface area contributed by atoms with Gasteiger partial charge < -0.3 is 0 Å². The van der Waals surface area contributed by atoms with Gasteiger partial charge in [-0.25, -0.2) is 8.42 Å². The molecule has 0 atom stereocenters. The summed E-state index contributed by atoms with van der Waals surface area (Å²) in [7, 11) is -3.51. The SMILES string of the molecule is CCCCC#C/C(=C/S(=O)(=O)c1ccccc1)c1ccccc1. The second-order valence-corrected chi connectivity index (χ2v) is 6.96. The van der Waals surface area contributed by atoms with E-state index in [4.69, 9.17) is 0 Å². The first kappa shape index (κ1) is 17.1. The molecule has 0 saturated carbocycles. The number of unbranched alkanes of at least 4 members (excludes halogenated alkanes) is 2. The van der Waals surface area contributed by atoms with Gasteiger partial charge in [0, 0.05) is 12.0 Å². The standard InChI is InChI=1S/C20H20O2S/c1-2-3-4-7-14-19(18-12-8-5-9-13-18)17-23(21,22)20-15-10-6-11-16-20/h5-6,8-13,15-17H,2-4H2,1H3/b19-17-. The molecule has 2 nitrogen and oxygen atoms in total. The summed E-state index contributed by atoms with van der Waals surface area (Å²) in [4.78, 5) is 0.281. The molecule has 0 aromatic heterocycles. The smallest absolute Gasteiger partial charge is 0.201 e. The van der Waals surface area contributed by atoms with Crippen LogP contribution in [-0.4, -0.2) is 8.42 Å². The fourth-order valence-corrected chi connectivity index (χ4v) is 3.22. The highest BCUT2D eigenvalue weighted by atomic mass is 32.2. The molecule has 0 bridgehead atoms. The van der Waals surface area contributed by atoms with Crippen molar-refractivity contribution >= 4 is 15.4 Å². The van der Waals surface area contributed by atoms with Gasteiger partial charge in [-0.3, -0.25) is 0 Å². The third-order valence-corrected chi connectivity index (χ3v) is 4.78. The van der Waals surface area contributed by atoms with Crippen LogP contribution in [0.2, 0.25) is 0 Å². The Balaban J connectivity index is 2.42. The molecule has 3 heteroatoms. The van der Waals surface area contributed by atoms with Gasteiger partial charge in [0.1, 0.15) is 0 Å². The summed E-state index contributed by atoms with van der Waals surface area (Å²) in [6.45, 7) is 2.11. The van der Waals surface area contributed by atoms with Crippen molar-refractivity contribution in [2.45, 2.75) is 31.1 Å². The first-order valence-corrected chi connectivity index (χ1v) is 9.24. The van der Waals surface area contributed by atoms with Crippen molar-refractivity contribution in [2.24, 2.45) is 0 Å². The molecule has 0 fully saturated rings. The molecule has 0 unspecified atom stereocenters. The van der Waals surface area contributed by atoms with Crippen molar-refractivity contribution in [1.29, 1.82) is 0 Å².